The van der Waals surface area contributed by atoms with Crippen molar-refractivity contribution in [2.45, 2.75) is 26.3 Å². The number of carbonyl (C=O) groups excluding carboxylic acids is 1. The lowest BCUT2D eigenvalue weighted by Crippen LogP contribution is -2.52. The first kappa shape index (κ1) is 22.0. The molecular weight excluding hydrogens is 384 g/mol. The number of carboxylic acids is 1. The van der Waals surface area contributed by atoms with Crippen molar-refractivity contribution in [1.82, 2.24) is 10.2 Å². The molecule has 0 radical (unpaired) electrons. The second-order valence-electron chi connectivity index (χ2n) is 7.97. The van der Waals surface area contributed by atoms with E-state index in [-0.39, 0.29) is 22.7 Å². The summed E-state index contributed by atoms with van der Waals surface area (Å²) in [6.45, 7) is 8.48. The Morgan fingerprint density at radius 3 is 2.25 bits per heavy atom. The van der Waals surface area contributed by atoms with Gasteiger partial charge >= 0.3 is 5.97 Å². The fourth-order valence-electron chi connectivity index (χ4n) is 3.07. The quantitative estimate of drug-likeness (QED) is 0.632. The molecule has 1 saturated heterocycles. The minimum Gasteiger partial charge on any atom is -0.478 e. The number of nitrogens with zero attached hydrogens (tertiary/aromatic N) is 2. The molecule has 9 nitrogen and oxygen atoms in total. The summed E-state index contributed by atoms with van der Waals surface area (Å²) in [4.78, 5) is 27.7. The number of rotatable bonds is 6. The Bertz CT molecular complexity index is 840. The molecule has 1 aromatic rings. The molecule has 0 atom stereocenters. The van der Waals surface area contributed by atoms with Crippen LogP contribution in [-0.2, 0) is 14.8 Å². The fourth-order valence-corrected chi connectivity index (χ4v) is 3.62. The summed E-state index contributed by atoms with van der Waals surface area (Å²) in [5, 5.41) is 12.5. The second-order valence-corrected chi connectivity index (χ2v) is 9.72. The van der Waals surface area contributed by atoms with Gasteiger partial charge in [0.1, 0.15) is 0 Å². The van der Waals surface area contributed by atoms with E-state index in [4.69, 9.17) is 0 Å². The highest BCUT2D eigenvalue weighted by Gasteiger charge is 2.24. The maximum atomic E-state index is 12.1. The zero-order valence-electron chi connectivity index (χ0n) is 16.7. The number of carbonyl (C=O) groups is 2. The molecule has 0 aromatic heterocycles. The summed E-state index contributed by atoms with van der Waals surface area (Å²) >= 11 is 0. The number of sulfonamides is 1. The molecule has 1 amide bonds. The molecule has 1 aliphatic rings. The van der Waals surface area contributed by atoms with E-state index in [1.807, 2.05) is 30.6 Å². The van der Waals surface area contributed by atoms with Crippen LogP contribution < -0.4 is 14.9 Å². The van der Waals surface area contributed by atoms with Gasteiger partial charge in [0, 0.05) is 37.4 Å². The Kier molecular flexibility index (Phi) is 6.56. The molecule has 1 aromatic carbocycles. The van der Waals surface area contributed by atoms with Gasteiger partial charge < -0.3 is 15.3 Å². The Morgan fingerprint density at radius 2 is 1.75 bits per heavy atom. The highest BCUT2D eigenvalue weighted by Crippen LogP contribution is 2.26. The molecule has 0 unspecified atom stereocenters. The fraction of sp³-hybridized carbons (Fsp3) is 0.556. The van der Waals surface area contributed by atoms with Crippen LogP contribution in [0.1, 0.15) is 31.1 Å². The SMILES string of the molecule is CC(C)(C)NC(=O)CN1CCN(c2ccc(NS(C)(=O)=O)cc2C(=O)O)CC1. The molecule has 2 rings (SSSR count). The Labute approximate surface area is 165 Å². The third-order valence-electron chi connectivity index (χ3n) is 4.12. The van der Waals surface area contributed by atoms with Crippen LogP contribution in [0.15, 0.2) is 18.2 Å². The van der Waals surface area contributed by atoms with Crippen LogP contribution in [0, 0.1) is 0 Å². The maximum absolute atomic E-state index is 12.1. The Morgan fingerprint density at radius 1 is 1.14 bits per heavy atom. The summed E-state index contributed by atoms with van der Waals surface area (Å²) in [5.74, 6) is -1.16. The number of nitrogens with one attached hydrogen (secondary N) is 2. The highest BCUT2D eigenvalue weighted by atomic mass is 32.2. The third kappa shape index (κ3) is 6.68. The summed E-state index contributed by atoms with van der Waals surface area (Å²) in [6, 6.07) is 4.48. The zero-order valence-corrected chi connectivity index (χ0v) is 17.5. The predicted octanol–water partition coefficient (Wildman–Crippen LogP) is 0.793. The number of carboxylic acid groups (broad SMARTS) is 1. The monoisotopic (exact) mass is 412 g/mol. The largest absolute Gasteiger partial charge is 0.478 e. The first-order chi connectivity index (χ1) is 12.8. The van der Waals surface area contributed by atoms with E-state index in [0.29, 0.717) is 38.4 Å². The molecule has 0 saturated carbocycles. The van der Waals surface area contributed by atoms with Crippen molar-refractivity contribution in [3.05, 3.63) is 23.8 Å². The minimum atomic E-state index is -3.49. The summed E-state index contributed by atoms with van der Waals surface area (Å²) < 4.78 is 25.0. The number of piperazine rings is 1. The summed E-state index contributed by atoms with van der Waals surface area (Å²) in [7, 11) is -3.49. The number of amides is 1. The standard InChI is InChI=1S/C18H28N4O5S/c1-18(2,3)19-16(23)12-21-7-9-22(10-8-21)15-6-5-13(20-28(4,26)27)11-14(15)17(24)25/h5-6,11,20H,7-10,12H2,1-4H3,(H,19,23)(H,24,25). The number of benzene rings is 1. The van der Waals surface area contributed by atoms with Crippen molar-refractivity contribution in [3.63, 3.8) is 0 Å². The lowest BCUT2D eigenvalue weighted by Gasteiger charge is -2.36. The van der Waals surface area contributed by atoms with E-state index < -0.39 is 16.0 Å². The van der Waals surface area contributed by atoms with Crippen LogP contribution in [0.5, 0.6) is 0 Å². The van der Waals surface area contributed by atoms with Crippen LogP contribution in [0.4, 0.5) is 11.4 Å². The topological polar surface area (TPSA) is 119 Å². The lowest BCUT2D eigenvalue weighted by atomic mass is 10.1. The Hall–Kier alpha value is -2.33. The van der Waals surface area contributed by atoms with Gasteiger partial charge in [-0.05, 0) is 39.0 Å². The molecule has 0 aliphatic carbocycles. The van der Waals surface area contributed by atoms with Gasteiger partial charge in [-0.2, -0.15) is 0 Å². The average molecular weight is 413 g/mol. The van der Waals surface area contributed by atoms with Gasteiger partial charge in [0.05, 0.1) is 24.1 Å². The van der Waals surface area contributed by atoms with Gasteiger partial charge in [-0.15, -0.1) is 0 Å². The molecule has 3 N–H and O–H groups in total. The number of hydrogen-bond acceptors (Lipinski definition) is 6. The summed E-state index contributed by atoms with van der Waals surface area (Å²) in [6.07, 6.45) is 1.01. The van der Waals surface area contributed by atoms with Gasteiger partial charge in [-0.1, -0.05) is 0 Å². The van der Waals surface area contributed by atoms with Crippen LogP contribution in [0.25, 0.3) is 0 Å². The van der Waals surface area contributed by atoms with Crippen LogP contribution in [0.2, 0.25) is 0 Å². The molecule has 0 spiro atoms. The van der Waals surface area contributed by atoms with Crippen molar-refractivity contribution < 1.29 is 23.1 Å². The van der Waals surface area contributed by atoms with E-state index in [9.17, 15) is 23.1 Å². The molecule has 1 heterocycles. The molecule has 156 valence electrons. The molecular formula is C18H28N4O5S. The maximum Gasteiger partial charge on any atom is 0.337 e. The van der Waals surface area contributed by atoms with Crippen LogP contribution >= 0.6 is 0 Å². The van der Waals surface area contributed by atoms with Crippen molar-refractivity contribution in [2.24, 2.45) is 0 Å². The van der Waals surface area contributed by atoms with E-state index >= 15 is 0 Å². The molecule has 28 heavy (non-hydrogen) atoms. The van der Waals surface area contributed by atoms with E-state index in [0.717, 1.165) is 6.26 Å². The van der Waals surface area contributed by atoms with Crippen molar-refractivity contribution in [1.29, 1.82) is 0 Å². The molecule has 10 heteroatoms. The van der Waals surface area contributed by atoms with E-state index in [1.165, 1.54) is 6.07 Å². The van der Waals surface area contributed by atoms with E-state index in [1.54, 1.807) is 12.1 Å². The van der Waals surface area contributed by atoms with Crippen molar-refractivity contribution in [3.8, 4) is 0 Å². The van der Waals surface area contributed by atoms with Gasteiger partial charge in [-0.25, -0.2) is 13.2 Å². The second kappa shape index (κ2) is 8.36. The van der Waals surface area contributed by atoms with Gasteiger partial charge in [0.25, 0.3) is 0 Å². The average Bonchev–Trinajstić information content (AvgIpc) is 2.52. The first-order valence-corrected chi connectivity index (χ1v) is 10.9. The lowest BCUT2D eigenvalue weighted by molar-refractivity contribution is -0.123. The van der Waals surface area contributed by atoms with Crippen molar-refractivity contribution >= 4 is 33.3 Å². The molecule has 1 aliphatic heterocycles. The molecule has 1 fully saturated rings. The summed E-state index contributed by atoms with van der Waals surface area (Å²) in [5.41, 5.74) is 0.496. The molecule has 0 bridgehead atoms. The number of aromatic carboxylic acids is 1. The Balaban J connectivity index is 2.05. The smallest absolute Gasteiger partial charge is 0.337 e. The number of hydrogen-bond donors (Lipinski definition) is 3. The van der Waals surface area contributed by atoms with Gasteiger partial charge in [-0.3, -0.25) is 14.4 Å². The highest BCUT2D eigenvalue weighted by molar-refractivity contribution is 7.92. The third-order valence-corrected chi connectivity index (χ3v) is 4.73. The normalized spacial score (nSPS) is 15.9. The van der Waals surface area contributed by atoms with Crippen LogP contribution in [0.3, 0.4) is 0 Å². The first-order valence-electron chi connectivity index (χ1n) is 8.97. The minimum absolute atomic E-state index is 0.0348. The zero-order chi connectivity index (χ0) is 21.1. The van der Waals surface area contributed by atoms with Crippen molar-refractivity contribution in [2.75, 3.05) is 48.6 Å². The van der Waals surface area contributed by atoms with E-state index in [2.05, 4.69) is 10.0 Å². The van der Waals surface area contributed by atoms with Gasteiger partial charge in [0.2, 0.25) is 15.9 Å². The van der Waals surface area contributed by atoms with Crippen LogP contribution in [-0.4, -0.2) is 74.8 Å². The number of anilines is 2. The van der Waals surface area contributed by atoms with Gasteiger partial charge in [0.15, 0.2) is 0 Å². The predicted molar refractivity (Wildman–Crippen MR) is 108 cm³/mol.